The second-order valence-corrected chi connectivity index (χ2v) is 5.06. The third-order valence-electron chi connectivity index (χ3n) is 2.56. The monoisotopic (exact) mass is 273 g/mol. The number of phenols is 1. The van der Waals surface area contributed by atoms with Gasteiger partial charge in [-0.25, -0.2) is 4.98 Å². The molecule has 0 saturated heterocycles. The molecule has 3 aromatic rings. The van der Waals surface area contributed by atoms with Crippen molar-refractivity contribution in [3.8, 4) is 17.2 Å². The fraction of sp³-hybridized carbons (Fsp3) is 0.154. The first-order valence-electron chi connectivity index (χ1n) is 5.74. The minimum absolute atomic E-state index is 0.210. The van der Waals surface area contributed by atoms with E-state index in [4.69, 9.17) is 4.52 Å². The van der Waals surface area contributed by atoms with E-state index in [2.05, 4.69) is 15.1 Å². The number of nitrogens with zero attached hydrogens (tertiary/aromatic N) is 3. The highest BCUT2D eigenvalue weighted by Crippen LogP contribution is 2.21. The Labute approximate surface area is 113 Å². The summed E-state index contributed by atoms with van der Waals surface area (Å²) in [6.45, 7) is 1.96. The number of rotatable bonds is 3. The van der Waals surface area contributed by atoms with Crippen LogP contribution in [0.4, 0.5) is 0 Å². The predicted octanol–water partition coefficient (Wildman–Crippen LogP) is 2.80. The number of hydrogen-bond acceptors (Lipinski definition) is 6. The summed E-state index contributed by atoms with van der Waals surface area (Å²) in [6, 6.07) is 6.65. The molecule has 0 saturated carbocycles. The molecule has 2 heterocycles. The van der Waals surface area contributed by atoms with E-state index in [1.54, 1.807) is 35.6 Å². The van der Waals surface area contributed by atoms with E-state index in [1.165, 1.54) is 0 Å². The molecular formula is C13H11N3O2S. The van der Waals surface area contributed by atoms with Crippen molar-refractivity contribution in [3.63, 3.8) is 0 Å². The summed E-state index contributed by atoms with van der Waals surface area (Å²) in [4.78, 5) is 8.69. The van der Waals surface area contributed by atoms with Gasteiger partial charge in [0.15, 0.2) is 5.82 Å². The van der Waals surface area contributed by atoms with E-state index >= 15 is 0 Å². The molecule has 0 spiro atoms. The first-order valence-corrected chi connectivity index (χ1v) is 6.61. The fourth-order valence-electron chi connectivity index (χ4n) is 1.67. The third-order valence-corrected chi connectivity index (χ3v) is 3.52. The second-order valence-electron chi connectivity index (χ2n) is 4.12. The number of aromatic nitrogens is 3. The van der Waals surface area contributed by atoms with Gasteiger partial charge in [-0.05, 0) is 31.2 Å². The smallest absolute Gasteiger partial charge is 0.257 e. The molecule has 0 fully saturated rings. The van der Waals surface area contributed by atoms with E-state index in [-0.39, 0.29) is 5.75 Å². The van der Waals surface area contributed by atoms with Crippen molar-refractivity contribution in [3.05, 3.63) is 46.2 Å². The normalized spacial score (nSPS) is 10.8. The molecule has 0 bridgehead atoms. The summed E-state index contributed by atoms with van der Waals surface area (Å²) in [5.74, 6) is 1.27. The maximum Gasteiger partial charge on any atom is 0.257 e. The lowest BCUT2D eigenvalue weighted by atomic mass is 10.2. The Morgan fingerprint density at radius 1 is 1.21 bits per heavy atom. The zero-order valence-electron chi connectivity index (χ0n) is 10.2. The highest BCUT2D eigenvalue weighted by atomic mass is 32.1. The standard InChI is InChI=1S/C13H11N3O2S/c1-8-7-19-12(14-8)6-11-15-13(18-16-11)9-2-4-10(17)5-3-9/h2-5,7,17H,6H2,1H3. The maximum atomic E-state index is 9.23. The van der Waals surface area contributed by atoms with Gasteiger partial charge < -0.3 is 9.63 Å². The van der Waals surface area contributed by atoms with E-state index < -0.39 is 0 Å². The Bertz CT molecular complexity index is 688. The van der Waals surface area contributed by atoms with Crippen molar-refractivity contribution >= 4 is 11.3 Å². The molecule has 0 aliphatic rings. The van der Waals surface area contributed by atoms with Crippen molar-refractivity contribution in [2.24, 2.45) is 0 Å². The second kappa shape index (κ2) is 4.81. The Morgan fingerprint density at radius 2 is 2.00 bits per heavy atom. The quantitative estimate of drug-likeness (QED) is 0.794. The van der Waals surface area contributed by atoms with Crippen LogP contribution in [-0.2, 0) is 6.42 Å². The summed E-state index contributed by atoms with van der Waals surface area (Å²) < 4.78 is 5.20. The molecule has 0 amide bonds. The third kappa shape index (κ3) is 2.63. The first kappa shape index (κ1) is 11.9. The molecule has 0 unspecified atom stereocenters. The Balaban J connectivity index is 1.81. The van der Waals surface area contributed by atoms with Gasteiger partial charge in [0.2, 0.25) is 0 Å². The molecular weight excluding hydrogens is 262 g/mol. The molecule has 0 radical (unpaired) electrons. The highest BCUT2D eigenvalue weighted by molar-refractivity contribution is 7.09. The minimum atomic E-state index is 0.210. The van der Waals surface area contributed by atoms with Gasteiger partial charge in [0.25, 0.3) is 5.89 Å². The number of aromatic hydroxyl groups is 1. The highest BCUT2D eigenvalue weighted by Gasteiger charge is 2.10. The molecule has 1 N–H and O–H groups in total. The van der Waals surface area contributed by atoms with Gasteiger partial charge in [0.05, 0.1) is 6.42 Å². The van der Waals surface area contributed by atoms with Crippen molar-refractivity contribution < 1.29 is 9.63 Å². The van der Waals surface area contributed by atoms with Crippen molar-refractivity contribution in [2.45, 2.75) is 13.3 Å². The average molecular weight is 273 g/mol. The van der Waals surface area contributed by atoms with Crippen LogP contribution in [-0.4, -0.2) is 20.2 Å². The van der Waals surface area contributed by atoms with Crippen LogP contribution in [0.2, 0.25) is 0 Å². The first-order chi connectivity index (χ1) is 9.20. The molecule has 0 atom stereocenters. The fourth-order valence-corrected chi connectivity index (χ4v) is 2.43. The van der Waals surface area contributed by atoms with E-state index in [1.807, 2.05) is 12.3 Å². The number of phenolic OH excluding ortho intramolecular Hbond substituents is 1. The van der Waals surface area contributed by atoms with E-state index in [0.29, 0.717) is 18.1 Å². The van der Waals surface area contributed by atoms with E-state index in [9.17, 15) is 5.11 Å². The van der Waals surface area contributed by atoms with Gasteiger partial charge in [0, 0.05) is 16.6 Å². The van der Waals surface area contributed by atoms with Crippen molar-refractivity contribution in [1.29, 1.82) is 0 Å². The molecule has 0 aliphatic carbocycles. The Morgan fingerprint density at radius 3 is 2.68 bits per heavy atom. The van der Waals surface area contributed by atoms with Crippen molar-refractivity contribution in [2.75, 3.05) is 0 Å². The largest absolute Gasteiger partial charge is 0.508 e. The number of hydrogen-bond donors (Lipinski definition) is 1. The summed E-state index contributed by atoms with van der Waals surface area (Å²) in [6.07, 6.45) is 0.570. The Kier molecular flexibility index (Phi) is 3.00. The molecule has 5 nitrogen and oxygen atoms in total. The van der Waals surface area contributed by atoms with Crippen LogP contribution in [0, 0.1) is 6.92 Å². The van der Waals surface area contributed by atoms with Crippen LogP contribution in [0.25, 0.3) is 11.5 Å². The molecule has 6 heteroatoms. The molecule has 0 aliphatic heterocycles. The average Bonchev–Trinajstić information content (AvgIpc) is 3.00. The minimum Gasteiger partial charge on any atom is -0.508 e. The lowest BCUT2D eigenvalue weighted by Crippen LogP contribution is -1.90. The molecule has 19 heavy (non-hydrogen) atoms. The van der Waals surface area contributed by atoms with Crippen LogP contribution in [0.15, 0.2) is 34.2 Å². The van der Waals surface area contributed by atoms with Gasteiger partial charge in [-0.2, -0.15) is 4.98 Å². The van der Waals surface area contributed by atoms with Gasteiger partial charge in [0.1, 0.15) is 10.8 Å². The van der Waals surface area contributed by atoms with Gasteiger partial charge >= 0.3 is 0 Å². The molecule has 3 rings (SSSR count). The maximum absolute atomic E-state index is 9.23. The SMILES string of the molecule is Cc1csc(Cc2noc(-c3ccc(O)cc3)n2)n1. The lowest BCUT2D eigenvalue weighted by Gasteiger charge is -1.93. The van der Waals surface area contributed by atoms with Gasteiger partial charge in [-0.3, -0.25) is 0 Å². The van der Waals surface area contributed by atoms with Crippen LogP contribution >= 0.6 is 11.3 Å². The predicted molar refractivity (Wildman–Crippen MR) is 71.1 cm³/mol. The summed E-state index contributed by atoms with van der Waals surface area (Å²) in [7, 11) is 0. The van der Waals surface area contributed by atoms with E-state index in [0.717, 1.165) is 16.3 Å². The molecule has 1 aromatic carbocycles. The Hall–Kier alpha value is -2.21. The zero-order valence-corrected chi connectivity index (χ0v) is 11.0. The lowest BCUT2D eigenvalue weighted by molar-refractivity contribution is 0.423. The zero-order chi connectivity index (χ0) is 13.2. The summed E-state index contributed by atoms with van der Waals surface area (Å²) >= 11 is 1.59. The summed E-state index contributed by atoms with van der Waals surface area (Å²) in [5.41, 5.74) is 1.79. The summed E-state index contributed by atoms with van der Waals surface area (Å²) in [5, 5.41) is 16.1. The van der Waals surface area contributed by atoms with Crippen LogP contribution in [0.5, 0.6) is 5.75 Å². The number of thiazole rings is 1. The molecule has 96 valence electrons. The van der Waals surface area contributed by atoms with Crippen LogP contribution < -0.4 is 0 Å². The number of aryl methyl sites for hydroxylation is 1. The van der Waals surface area contributed by atoms with Crippen LogP contribution in [0.1, 0.15) is 16.5 Å². The van der Waals surface area contributed by atoms with Crippen LogP contribution in [0.3, 0.4) is 0 Å². The van der Waals surface area contributed by atoms with Gasteiger partial charge in [-0.1, -0.05) is 5.16 Å². The molecule has 2 aromatic heterocycles. The topological polar surface area (TPSA) is 72.0 Å². The van der Waals surface area contributed by atoms with Gasteiger partial charge in [-0.15, -0.1) is 11.3 Å². The van der Waals surface area contributed by atoms with Crippen molar-refractivity contribution in [1.82, 2.24) is 15.1 Å². The number of benzene rings is 1.